The van der Waals surface area contributed by atoms with Crippen molar-refractivity contribution in [2.45, 2.75) is 126 Å². The largest absolute Gasteiger partial charge is 0.394 e. The molecule has 0 heterocycles. The number of benzene rings is 2. The molecule has 0 aliphatic heterocycles. The van der Waals surface area contributed by atoms with Gasteiger partial charge in [0.25, 0.3) is 0 Å². The first-order valence-electron chi connectivity index (χ1n) is 18.6. The molecular formula is C40H40F12N2O2. The quantitative estimate of drug-likeness (QED) is 0.296. The van der Waals surface area contributed by atoms with E-state index in [1.54, 1.807) is 0 Å². The topological polar surface area (TPSA) is 58.2 Å². The van der Waals surface area contributed by atoms with Crippen LogP contribution in [0.25, 0.3) is 0 Å². The van der Waals surface area contributed by atoms with Gasteiger partial charge < -0.3 is 10.6 Å². The van der Waals surface area contributed by atoms with Gasteiger partial charge in [-0.05, 0) is 134 Å². The Bertz CT molecular complexity index is 1760. The Morgan fingerprint density at radius 1 is 0.411 bits per heavy atom. The first-order chi connectivity index (χ1) is 25.5. The molecule has 8 aliphatic rings. The van der Waals surface area contributed by atoms with E-state index in [1.165, 1.54) is 62.4 Å². The van der Waals surface area contributed by atoms with Crippen molar-refractivity contribution in [1.82, 2.24) is 0 Å². The zero-order chi connectivity index (χ0) is 41.0. The number of anilines is 2. The molecule has 2 aromatic rings. The van der Waals surface area contributed by atoms with Gasteiger partial charge in [0.05, 0.1) is 21.7 Å². The van der Waals surface area contributed by atoms with Crippen molar-refractivity contribution in [2.24, 2.45) is 32.5 Å². The van der Waals surface area contributed by atoms with Crippen molar-refractivity contribution >= 4 is 23.2 Å². The van der Waals surface area contributed by atoms with E-state index in [9.17, 15) is 9.59 Å². The summed E-state index contributed by atoms with van der Waals surface area (Å²) in [6.45, 7) is 2.40. The molecule has 8 fully saturated rings. The summed E-state index contributed by atoms with van der Waals surface area (Å²) in [5.74, 6) is -0.979. The molecule has 0 radical (unpaired) electrons. The fourth-order valence-corrected chi connectivity index (χ4v) is 14.4. The van der Waals surface area contributed by atoms with Crippen molar-refractivity contribution in [1.29, 1.82) is 0 Å². The number of amides is 2. The lowest BCUT2D eigenvalue weighted by molar-refractivity contribution is -0.406. The Balaban J connectivity index is 1.40. The van der Waals surface area contributed by atoms with Crippen LogP contribution in [-0.4, -0.2) is 36.5 Å². The molecule has 4 atom stereocenters. The van der Waals surface area contributed by atoms with E-state index in [1.807, 2.05) is 0 Å². The van der Waals surface area contributed by atoms with Crippen molar-refractivity contribution in [3.05, 3.63) is 59.7 Å². The monoisotopic (exact) mass is 808 g/mol. The summed E-state index contributed by atoms with van der Waals surface area (Å²) in [4.78, 5) is 23.4. The van der Waals surface area contributed by atoms with Crippen molar-refractivity contribution in [2.75, 3.05) is 10.6 Å². The molecule has 306 valence electrons. The van der Waals surface area contributed by atoms with Crippen LogP contribution in [0, 0.1) is 32.5 Å². The molecule has 0 spiro atoms. The standard InChI is InChI=1S/C40H40F12N2O2/c1-23(55)53-27-7-3-25(4-8-27)29-11-31(17-33(13-29,37(41,42)43)21-34(14-29,18-31)38(44,45)46)32-12-30(26-5-9-28(10-6-26)54-24(2)56)15-35(19-32,39(47,48)49)22-36(16-30,20-32)40(50,51)52/h3-10H,11-22H2,1-2H3,(H,53,55)(H,54,56). The molecular weight excluding hydrogens is 768 g/mol. The summed E-state index contributed by atoms with van der Waals surface area (Å²) in [5, 5.41) is 5.00. The average Bonchev–Trinajstić information content (AvgIpc) is 3.02. The number of hydrogen-bond acceptors (Lipinski definition) is 2. The van der Waals surface area contributed by atoms with Gasteiger partial charge in [-0.1, -0.05) is 24.3 Å². The fourth-order valence-electron chi connectivity index (χ4n) is 14.4. The SMILES string of the molecule is CC(=O)Nc1ccc(C23CC4(C(F)(F)F)CC(C(F)(F)F)(C2)CC(C25CC6(c7ccc(NC(C)=O)cc7)CC(C(F)(F)F)(CC(C(F)(F)F)(C6)C2)C5)(C3)C4)cc1. The second-order valence-corrected chi connectivity index (χ2v) is 18.9. The summed E-state index contributed by atoms with van der Waals surface area (Å²) in [7, 11) is 0. The smallest absolute Gasteiger partial charge is 0.326 e. The van der Waals surface area contributed by atoms with Gasteiger partial charge in [0.1, 0.15) is 0 Å². The predicted octanol–water partition coefficient (Wildman–Crippen LogP) is 11.7. The van der Waals surface area contributed by atoms with Crippen molar-refractivity contribution in [3.8, 4) is 0 Å². The van der Waals surface area contributed by atoms with Gasteiger partial charge in [0.15, 0.2) is 0 Å². The van der Waals surface area contributed by atoms with Gasteiger partial charge in [-0.15, -0.1) is 0 Å². The Morgan fingerprint density at radius 2 is 0.661 bits per heavy atom. The molecule has 2 aromatic carbocycles. The molecule has 56 heavy (non-hydrogen) atoms. The molecule has 2 N–H and O–H groups in total. The minimum atomic E-state index is -5.28. The first-order valence-corrected chi connectivity index (χ1v) is 18.6. The van der Waals surface area contributed by atoms with Crippen LogP contribution in [0.2, 0.25) is 0 Å². The van der Waals surface area contributed by atoms with Crippen molar-refractivity contribution < 1.29 is 62.3 Å². The molecule has 0 aromatic heterocycles. The van der Waals surface area contributed by atoms with Crippen LogP contribution in [0.4, 0.5) is 64.1 Å². The first kappa shape index (κ1) is 39.4. The van der Waals surface area contributed by atoms with Gasteiger partial charge in [0, 0.05) is 25.2 Å². The Morgan fingerprint density at radius 3 is 0.875 bits per heavy atom. The zero-order valence-electron chi connectivity index (χ0n) is 30.5. The number of carbonyl (C=O) groups is 2. The molecule has 4 unspecified atom stereocenters. The maximum atomic E-state index is 15.8. The van der Waals surface area contributed by atoms with Crippen LogP contribution in [0.15, 0.2) is 48.5 Å². The number of halogens is 12. The van der Waals surface area contributed by atoms with Gasteiger partial charge in [-0.2, -0.15) is 52.7 Å². The molecule has 16 heteroatoms. The normalized spacial score (nSPS) is 40.2. The van der Waals surface area contributed by atoms with Gasteiger partial charge in [0.2, 0.25) is 11.8 Å². The molecule has 8 aliphatic carbocycles. The number of hydrogen-bond donors (Lipinski definition) is 2. The highest BCUT2D eigenvalue weighted by Crippen LogP contribution is 2.89. The van der Waals surface area contributed by atoms with Gasteiger partial charge >= 0.3 is 24.7 Å². The lowest BCUT2D eigenvalue weighted by Crippen LogP contribution is -2.77. The fraction of sp³-hybridized carbons (Fsp3) is 0.650. The lowest BCUT2D eigenvalue weighted by Gasteiger charge is -2.80. The van der Waals surface area contributed by atoms with E-state index in [2.05, 4.69) is 10.6 Å². The third-order valence-electron chi connectivity index (χ3n) is 15.3. The van der Waals surface area contributed by atoms with E-state index >= 15 is 52.7 Å². The summed E-state index contributed by atoms with van der Waals surface area (Å²) in [6, 6.07) is 10.7. The number of rotatable bonds is 5. The Kier molecular flexibility index (Phi) is 7.86. The highest BCUT2D eigenvalue weighted by atomic mass is 19.4. The van der Waals surface area contributed by atoms with Crippen LogP contribution < -0.4 is 10.6 Å². The molecule has 0 saturated heterocycles. The van der Waals surface area contributed by atoms with E-state index in [0.717, 1.165) is 0 Å². The average molecular weight is 809 g/mol. The van der Waals surface area contributed by atoms with Crippen LogP contribution >= 0.6 is 0 Å². The zero-order valence-corrected chi connectivity index (χ0v) is 30.5. The lowest BCUT2D eigenvalue weighted by atomic mass is 9.24. The predicted molar refractivity (Wildman–Crippen MR) is 179 cm³/mol. The minimum absolute atomic E-state index is 0.0707. The minimum Gasteiger partial charge on any atom is -0.326 e. The van der Waals surface area contributed by atoms with Crippen molar-refractivity contribution in [3.63, 3.8) is 0 Å². The molecule has 2 amide bonds. The number of carbonyl (C=O) groups excluding carboxylic acids is 2. The highest BCUT2D eigenvalue weighted by molar-refractivity contribution is 5.89. The Hall–Kier alpha value is -3.46. The van der Waals surface area contributed by atoms with E-state index in [0.29, 0.717) is 0 Å². The molecule has 8 bridgehead atoms. The van der Waals surface area contributed by atoms with E-state index < -0.39 is 157 Å². The van der Waals surface area contributed by atoms with Crippen LogP contribution in [0.5, 0.6) is 0 Å². The van der Waals surface area contributed by atoms with E-state index in [-0.39, 0.29) is 22.5 Å². The maximum Gasteiger partial charge on any atom is 0.394 e. The summed E-state index contributed by atoms with van der Waals surface area (Å²) in [5.41, 5.74) is -20.0. The summed E-state index contributed by atoms with van der Waals surface area (Å²) >= 11 is 0. The third kappa shape index (κ3) is 5.26. The number of nitrogens with one attached hydrogen (secondary N) is 2. The van der Waals surface area contributed by atoms with Crippen LogP contribution in [0.1, 0.15) is 102 Å². The summed E-state index contributed by atoms with van der Waals surface area (Å²) < 4.78 is 189. The van der Waals surface area contributed by atoms with Gasteiger partial charge in [-0.25, -0.2) is 0 Å². The third-order valence-corrected chi connectivity index (χ3v) is 15.3. The molecule has 10 rings (SSSR count). The van der Waals surface area contributed by atoms with E-state index in [4.69, 9.17) is 0 Å². The summed E-state index contributed by atoms with van der Waals surface area (Å²) in [6.07, 6.45) is -32.0. The van der Waals surface area contributed by atoms with Crippen LogP contribution in [0.3, 0.4) is 0 Å². The highest BCUT2D eigenvalue weighted by Gasteiger charge is 2.87. The van der Waals surface area contributed by atoms with Crippen LogP contribution in [-0.2, 0) is 20.4 Å². The number of alkyl halides is 12. The second kappa shape index (κ2) is 11.2. The maximum absolute atomic E-state index is 15.8. The molecule has 4 nitrogen and oxygen atoms in total. The molecule has 8 saturated carbocycles. The second-order valence-electron chi connectivity index (χ2n) is 18.9. The van der Waals surface area contributed by atoms with Gasteiger partial charge in [-0.3, -0.25) is 9.59 Å². The Labute approximate surface area is 314 Å².